The molecule has 65 heavy (non-hydrogen) atoms. The number of carbonyl (C=O) groups is 8. The lowest BCUT2D eigenvalue weighted by Crippen LogP contribution is -2.59. The maximum atomic E-state index is 14.1. The quantitative estimate of drug-likeness (QED) is 0.0397. The van der Waals surface area contributed by atoms with E-state index in [1.54, 1.807) is 67.0 Å². The molecule has 0 spiro atoms. The van der Waals surface area contributed by atoms with Gasteiger partial charge in [0, 0.05) is 49.3 Å². The summed E-state index contributed by atoms with van der Waals surface area (Å²) < 4.78 is 32.0. The van der Waals surface area contributed by atoms with Gasteiger partial charge < -0.3 is 52.8 Å². The molecule has 0 bridgehead atoms. The fraction of sp³-hybridized carbons (Fsp3) is 0.333. The number of aromatic nitrogens is 1. The van der Waals surface area contributed by atoms with Crippen molar-refractivity contribution in [1.29, 1.82) is 0 Å². The summed E-state index contributed by atoms with van der Waals surface area (Å²) in [7, 11) is -4.50. The Labute approximate surface area is 377 Å². The van der Waals surface area contributed by atoms with Crippen molar-refractivity contribution >= 4 is 80.3 Å². The lowest BCUT2D eigenvalue weighted by atomic mass is 10.0. The van der Waals surface area contributed by atoms with E-state index < -0.39 is 106 Å². The van der Waals surface area contributed by atoms with Gasteiger partial charge in [-0.1, -0.05) is 60.7 Å². The average molecular weight is 939 g/mol. The number of carbonyl (C=O) groups excluding carboxylic acids is 6. The number of para-hydroxylation sites is 1. The second-order valence-corrected chi connectivity index (χ2v) is 17.1. The van der Waals surface area contributed by atoms with Crippen LogP contribution in [0.15, 0.2) is 90.0 Å². The van der Waals surface area contributed by atoms with E-state index in [1.165, 1.54) is 23.9 Å². The van der Waals surface area contributed by atoms with Gasteiger partial charge in [0.2, 0.25) is 35.4 Å². The van der Waals surface area contributed by atoms with Crippen LogP contribution in [0.4, 0.5) is 4.79 Å². The molecule has 5 atom stereocenters. The SMILES string of the molecule is CSCC[C@H](NC(=O)[C@H](Cc1c[nH]c2ccccc12)NC(=O)CCNC(=O)[C@H](Cc1ccc(S(=O)(=O)O)cc1)NC(=O)O)C(=O)N[C@@H](CC(=O)O)C(=O)N[C@@H](Cc1ccccc1)C(N)=O. The van der Waals surface area contributed by atoms with Gasteiger partial charge in [-0.15, -0.1) is 0 Å². The molecule has 0 saturated heterocycles. The van der Waals surface area contributed by atoms with Gasteiger partial charge in [-0.25, -0.2) is 4.79 Å². The van der Waals surface area contributed by atoms with Gasteiger partial charge in [0.25, 0.3) is 10.1 Å². The number of benzene rings is 3. The maximum absolute atomic E-state index is 14.1. The number of aliphatic carboxylic acids is 1. The number of nitrogens with two attached hydrogens (primary N) is 1. The molecule has 0 aliphatic carbocycles. The van der Waals surface area contributed by atoms with Gasteiger partial charge in [-0.2, -0.15) is 20.2 Å². The fourth-order valence-electron chi connectivity index (χ4n) is 6.59. The standard InChI is InChI=1S/C42H50N8O13S2/c1-64-18-16-30(39(56)49-34(22-36(52)53)41(58)48-31(37(43)54)19-24-7-3-2-4-8-24)47-40(57)33(21-26-23-45-29-10-6-5-9-28(26)29)46-35(51)15-17-44-38(55)32(50-42(59)60)20-25-11-13-27(14-12-25)65(61,62)63/h2-14,23,30-34,45,50H,15-22H2,1H3,(H2,43,54)(H,44,55)(H,46,51)(H,47,57)(H,48,58)(H,49,56)(H,52,53)(H,59,60)(H,61,62,63)/t30-,31-,32-,33-,34-/m0/s1. The number of hydrogen-bond acceptors (Lipinski definition) is 11. The Kier molecular flexibility index (Phi) is 18.8. The molecule has 348 valence electrons. The molecule has 4 aromatic rings. The summed E-state index contributed by atoms with van der Waals surface area (Å²) in [6, 6.07) is 13.5. The molecule has 0 radical (unpaired) electrons. The number of fused-ring (bicyclic) bond motifs is 1. The van der Waals surface area contributed by atoms with E-state index in [2.05, 4.69) is 36.9 Å². The molecule has 0 aliphatic heterocycles. The first-order valence-corrected chi connectivity index (χ1v) is 22.8. The van der Waals surface area contributed by atoms with Crippen LogP contribution in [0.1, 0.15) is 36.0 Å². The minimum absolute atomic E-state index is 0.00801. The van der Waals surface area contributed by atoms with Crippen LogP contribution >= 0.6 is 11.8 Å². The molecule has 1 heterocycles. The van der Waals surface area contributed by atoms with E-state index in [4.69, 9.17) is 5.73 Å². The van der Waals surface area contributed by atoms with Crippen LogP contribution in [-0.4, -0.2) is 124 Å². The van der Waals surface area contributed by atoms with E-state index >= 15 is 0 Å². The van der Waals surface area contributed by atoms with Crippen molar-refractivity contribution in [2.45, 2.75) is 73.6 Å². The first-order chi connectivity index (χ1) is 30.8. The third kappa shape index (κ3) is 16.3. The van der Waals surface area contributed by atoms with Gasteiger partial charge in [-0.3, -0.25) is 38.1 Å². The molecule has 7 amide bonds. The normalized spacial score (nSPS) is 13.5. The highest BCUT2D eigenvalue weighted by Crippen LogP contribution is 2.20. The monoisotopic (exact) mass is 938 g/mol. The highest BCUT2D eigenvalue weighted by Gasteiger charge is 2.33. The Morgan fingerprint density at radius 1 is 0.677 bits per heavy atom. The molecule has 21 nitrogen and oxygen atoms in total. The highest BCUT2D eigenvalue weighted by atomic mass is 32.2. The van der Waals surface area contributed by atoms with Gasteiger partial charge in [0.05, 0.1) is 11.3 Å². The molecule has 0 fully saturated rings. The van der Waals surface area contributed by atoms with Gasteiger partial charge in [-0.05, 0) is 53.3 Å². The van der Waals surface area contributed by atoms with Gasteiger partial charge in [0.1, 0.15) is 30.2 Å². The number of carboxylic acid groups (broad SMARTS) is 2. The number of primary amides is 1. The molecule has 12 N–H and O–H groups in total. The summed E-state index contributed by atoms with van der Waals surface area (Å²) in [5, 5.41) is 34.3. The van der Waals surface area contributed by atoms with Crippen molar-refractivity contribution in [2.75, 3.05) is 18.6 Å². The van der Waals surface area contributed by atoms with Crippen LogP contribution in [0.3, 0.4) is 0 Å². The van der Waals surface area contributed by atoms with E-state index in [1.807, 2.05) is 0 Å². The Bertz CT molecular complexity index is 2450. The molecule has 3 aromatic carbocycles. The molecule has 0 aliphatic rings. The zero-order chi connectivity index (χ0) is 47.7. The minimum atomic E-state index is -4.50. The largest absolute Gasteiger partial charge is 0.481 e. The summed E-state index contributed by atoms with van der Waals surface area (Å²) in [5.74, 6) is -6.34. The number of carboxylic acids is 1. The Morgan fingerprint density at radius 3 is 1.88 bits per heavy atom. The van der Waals surface area contributed by atoms with Gasteiger partial charge in [0.15, 0.2) is 0 Å². The summed E-state index contributed by atoms with van der Waals surface area (Å²) in [6.45, 7) is -0.320. The highest BCUT2D eigenvalue weighted by molar-refractivity contribution is 7.98. The summed E-state index contributed by atoms with van der Waals surface area (Å²) in [6.07, 6.45) is 0.251. The van der Waals surface area contributed by atoms with Crippen molar-refractivity contribution in [3.05, 3.63) is 102 Å². The number of rotatable bonds is 25. The Balaban J connectivity index is 1.48. The van der Waals surface area contributed by atoms with Gasteiger partial charge >= 0.3 is 12.1 Å². The molecular formula is C42H50N8O13S2. The number of nitrogens with one attached hydrogen (secondary N) is 7. The van der Waals surface area contributed by atoms with Crippen molar-refractivity contribution in [3.8, 4) is 0 Å². The third-order valence-corrected chi connectivity index (χ3v) is 11.4. The van der Waals surface area contributed by atoms with Crippen molar-refractivity contribution in [1.82, 2.24) is 36.9 Å². The predicted octanol–water partition coefficient (Wildman–Crippen LogP) is 0.237. The average Bonchev–Trinajstić information content (AvgIpc) is 3.66. The molecule has 0 saturated carbocycles. The van der Waals surface area contributed by atoms with E-state index in [0.717, 1.165) is 23.0 Å². The molecule has 4 rings (SSSR count). The number of hydrogen-bond donors (Lipinski definition) is 11. The predicted molar refractivity (Wildman–Crippen MR) is 237 cm³/mol. The second kappa shape index (κ2) is 24.2. The molecule has 0 unspecified atom stereocenters. The van der Waals surface area contributed by atoms with Crippen LogP contribution in [-0.2, 0) is 62.9 Å². The minimum Gasteiger partial charge on any atom is -0.481 e. The Hall–Kier alpha value is -6.98. The topological polar surface area (TPSA) is 345 Å². The van der Waals surface area contributed by atoms with E-state index in [9.17, 15) is 61.5 Å². The van der Waals surface area contributed by atoms with Crippen molar-refractivity contribution < 1.29 is 61.5 Å². The number of thioether (sulfide) groups is 1. The van der Waals surface area contributed by atoms with Crippen LogP contribution in [0, 0.1) is 0 Å². The van der Waals surface area contributed by atoms with Crippen LogP contribution in [0.2, 0.25) is 0 Å². The molecule has 23 heteroatoms. The lowest BCUT2D eigenvalue weighted by Gasteiger charge is -2.26. The number of aromatic amines is 1. The van der Waals surface area contributed by atoms with E-state index in [0.29, 0.717) is 22.4 Å². The fourth-order valence-corrected chi connectivity index (χ4v) is 7.54. The first kappa shape index (κ1) is 50.7. The van der Waals surface area contributed by atoms with Crippen LogP contribution in [0.5, 0.6) is 0 Å². The van der Waals surface area contributed by atoms with Crippen LogP contribution < -0.4 is 37.6 Å². The van der Waals surface area contributed by atoms with Crippen LogP contribution in [0.25, 0.3) is 10.9 Å². The van der Waals surface area contributed by atoms with E-state index in [-0.39, 0.29) is 32.2 Å². The smallest absolute Gasteiger partial charge is 0.405 e. The second-order valence-electron chi connectivity index (χ2n) is 14.7. The number of H-pyrrole nitrogens is 1. The zero-order valence-corrected chi connectivity index (χ0v) is 36.6. The summed E-state index contributed by atoms with van der Waals surface area (Å²) in [4.78, 5) is 106. The summed E-state index contributed by atoms with van der Waals surface area (Å²) >= 11 is 1.33. The van der Waals surface area contributed by atoms with Crippen molar-refractivity contribution in [2.24, 2.45) is 5.73 Å². The first-order valence-electron chi connectivity index (χ1n) is 20.0. The molecule has 1 aromatic heterocycles. The van der Waals surface area contributed by atoms with Crippen molar-refractivity contribution in [3.63, 3.8) is 0 Å². The Morgan fingerprint density at radius 2 is 1.25 bits per heavy atom. The maximum Gasteiger partial charge on any atom is 0.405 e. The number of amides is 7. The molecular weight excluding hydrogens is 889 g/mol. The summed E-state index contributed by atoms with van der Waals surface area (Å²) in [5.41, 5.74) is 7.89. The zero-order valence-electron chi connectivity index (χ0n) is 34.9. The third-order valence-electron chi connectivity index (χ3n) is 9.88. The lowest BCUT2D eigenvalue weighted by molar-refractivity contribution is -0.141.